The lowest BCUT2D eigenvalue weighted by molar-refractivity contribution is -0.127. The molecule has 0 radical (unpaired) electrons. The van der Waals surface area contributed by atoms with Gasteiger partial charge in [0, 0.05) is 31.5 Å². The molecule has 0 saturated carbocycles. The lowest BCUT2D eigenvalue weighted by Gasteiger charge is -2.45. The van der Waals surface area contributed by atoms with Crippen LogP contribution in [0, 0.1) is 0 Å². The number of nitrogens with one attached hydrogen (secondary N) is 4. The van der Waals surface area contributed by atoms with Crippen molar-refractivity contribution >= 4 is 28.5 Å². The Morgan fingerprint density at radius 2 is 1.26 bits per heavy atom. The van der Waals surface area contributed by atoms with Crippen LogP contribution in [-0.4, -0.2) is 50.5 Å². The topological polar surface area (TPSA) is 181 Å². The van der Waals surface area contributed by atoms with Crippen molar-refractivity contribution in [3.63, 3.8) is 0 Å². The first-order valence-corrected chi connectivity index (χ1v) is 16.9. The number of phenols is 3. The highest BCUT2D eigenvalue weighted by Crippen LogP contribution is 2.40. The van der Waals surface area contributed by atoms with Gasteiger partial charge in [0.05, 0.1) is 16.7 Å². The minimum Gasteiger partial charge on any atom is -0.506 e. The summed E-state index contributed by atoms with van der Waals surface area (Å²) in [6.07, 6.45) is -0.673. The number of aromatic amines is 1. The number of fused-ring (bicyclic) bond motifs is 1. The number of H-pyrrole nitrogens is 1. The highest BCUT2D eigenvalue weighted by Gasteiger charge is 2.53. The average molecular weight is 711 g/mol. The van der Waals surface area contributed by atoms with Crippen LogP contribution in [0.2, 0.25) is 0 Å². The molecule has 0 aliphatic rings. The van der Waals surface area contributed by atoms with E-state index in [1.54, 1.807) is 0 Å². The summed E-state index contributed by atoms with van der Waals surface area (Å²) >= 11 is 0. The highest BCUT2D eigenvalue weighted by molar-refractivity contribution is 6.18. The first-order chi connectivity index (χ1) is 25.6. The summed E-state index contributed by atoms with van der Waals surface area (Å²) in [5.41, 5.74) is -2.17. The predicted molar refractivity (Wildman–Crippen MR) is 201 cm³/mol. The number of phenolic OH excluding ortho intramolecular Hbond substituents is 3. The molecular formula is C42H38N4O7. The van der Waals surface area contributed by atoms with E-state index < -0.39 is 39.9 Å². The van der Waals surface area contributed by atoms with Gasteiger partial charge in [0.15, 0.2) is 22.5 Å². The molecule has 6 rings (SSSR count). The lowest BCUT2D eigenvalue weighted by Crippen LogP contribution is -2.68. The summed E-state index contributed by atoms with van der Waals surface area (Å²) in [6.45, 7) is -0.187. The maximum Gasteiger partial charge on any atom is 0.248 e. The minimum atomic E-state index is -2.30. The summed E-state index contributed by atoms with van der Waals surface area (Å²) in [6, 6.07) is 37.3. The third-order valence-corrected chi connectivity index (χ3v) is 9.38. The third kappa shape index (κ3) is 7.10. The molecule has 0 aliphatic carbocycles. The Kier molecular flexibility index (Phi) is 10.4. The van der Waals surface area contributed by atoms with Gasteiger partial charge in [-0.1, -0.05) is 103 Å². The zero-order valence-corrected chi connectivity index (χ0v) is 28.8. The fraction of sp³-hybridized carbons (Fsp3) is 0.143. The van der Waals surface area contributed by atoms with Gasteiger partial charge in [-0.25, -0.2) is 0 Å². The molecule has 7 N–H and O–H groups in total. The largest absolute Gasteiger partial charge is 0.506 e. The molecule has 0 fully saturated rings. The zero-order valence-electron chi connectivity index (χ0n) is 28.8. The van der Waals surface area contributed by atoms with Gasteiger partial charge in [0.1, 0.15) is 5.75 Å². The Hall–Kier alpha value is -6.72. The number of aromatic hydroxyl groups is 3. The van der Waals surface area contributed by atoms with E-state index in [0.717, 1.165) is 6.07 Å². The number of ketones is 1. The molecule has 5 aromatic carbocycles. The number of para-hydroxylation sites is 1. The molecule has 1 heterocycles. The second-order valence-corrected chi connectivity index (χ2v) is 12.6. The molecule has 0 bridgehead atoms. The van der Waals surface area contributed by atoms with E-state index in [0.29, 0.717) is 22.3 Å². The monoisotopic (exact) mass is 710 g/mol. The van der Waals surface area contributed by atoms with E-state index in [4.69, 9.17) is 0 Å². The number of carbonyl (C=O) groups excluding carboxylic acids is 3. The number of hydrogen-bond acceptors (Lipinski definition) is 8. The molecule has 53 heavy (non-hydrogen) atoms. The smallest absolute Gasteiger partial charge is 0.248 e. The van der Waals surface area contributed by atoms with Crippen LogP contribution in [0.5, 0.6) is 17.2 Å². The second kappa shape index (κ2) is 15.3. The van der Waals surface area contributed by atoms with Crippen molar-refractivity contribution < 1.29 is 29.7 Å². The average Bonchev–Trinajstić information content (AvgIpc) is 3.19. The summed E-state index contributed by atoms with van der Waals surface area (Å²) in [7, 11) is 1.45. The van der Waals surface area contributed by atoms with Crippen LogP contribution in [0.1, 0.15) is 45.6 Å². The van der Waals surface area contributed by atoms with Gasteiger partial charge in [-0.05, 0) is 52.9 Å². The first kappa shape index (κ1) is 36.1. The highest BCUT2D eigenvalue weighted by atomic mass is 16.3. The van der Waals surface area contributed by atoms with Gasteiger partial charge in [0.25, 0.3) is 0 Å². The van der Waals surface area contributed by atoms with E-state index in [1.807, 2.05) is 91.0 Å². The SMILES string of the molecule is CNC(=O)CC[C@](NC(c1ccccc1)(c1ccccc1)c1ccccc1)(C(=O)NCc1ccc(O)c(O)c1)C(=O)c1cc(=O)c2cccc(O)c2[nH]1. The van der Waals surface area contributed by atoms with Crippen molar-refractivity contribution in [3.05, 3.63) is 172 Å². The molecule has 11 heteroatoms. The Labute approximate surface area is 305 Å². The Morgan fingerprint density at radius 3 is 1.81 bits per heavy atom. The number of rotatable bonds is 13. The van der Waals surface area contributed by atoms with Crippen LogP contribution in [0.25, 0.3) is 10.9 Å². The Morgan fingerprint density at radius 1 is 0.679 bits per heavy atom. The Balaban J connectivity index is 1.64. The van der Waals surface area contributed by atoms with Crippen molar-refractivity contribution in [2.24, 2.45) is 0 Å². The van der Waals surface area contributed by atoms with Crippen LogP contribution >= 0.6 is 0 Å². The van der Waals surface area contributed by atoms with Crippen molar-refractivity contribution in [3.8, 4) is 17.2 Å². The standard InChI is InChI=1S/C42H38N4O7/c1-43-37(51)22-23-41(40(53)44-26-27-20-21-33(47)36(50)24-27,39(52)32-25-35(49)31-18-11-19-34(48)38(31)45-32)46-42(28-12-5-2-6-13-28,29-14-7-3-8-15-29)30-16-9-4-10-17-30/h2-21,24-25,46-48,50H,22-23,26H2,1H3,(H,43,51)(H,44,53)(H,45,49)/t41-/m1/s1. The van der Waals surface area contributed by atoms with E-state index in [9.17, 15) is 24.9 Å². The second-order valence-electron chi connectivity index (χ2n) is 12.6. The fourth-order valence-electron chi connectivity index (χ4n) is 6.65. The maximum atomic E-state index is 15.4. The van der Waals surface area contributed by atoms with Gasteiger partial charge in [0.2, 0.25) is 17.6 Å². The van der Waals surface area contributed by atoms with Crippen molar-refractivity contribution in [1.82, 2.24) is 20.9 Å². The molecule has 0 saturated heterocycles. The van der Waals surface area contributed by atoms with Crippen LogP contribution in [0.4, 0.5) is 0 Å². The van der Waals surface area contributed by atoms with E-state index in [-0.39, 0.29) is 47.5 Å². The quantitative estimate of drug-likeness (QED) is 0.0379. The molecule has 1 atom stereocenters. The van der Waals surface area contributed by atoms with Crippen LogP contribution in [0.3, 0.4) is 0 Å². The van der Waals surface area contributed by atoms with Gasteiger partial charge >= 0.3 is 0 Å². The van der Waals surface area contributed by atoms with Gasteiger partial charge in [-0.2, -0.15) is 0 Å². The summed E-state index contributed by atoms with van der Waals surface area (Å²) in [5.74, 6) is -3.19. The van der Waals surface area contributed by atoms with Crippen molar-refractivity contribution in [1.29, 1.82) is 0 Å². The van der Waals surface area contributed by atoms with E-state index in [2.05, 4.69) is 20.9 Å². The van der Waals surface area contributed by atoms with Gasteiger partial charge < -0.3 is 30.9 Å². The molecule has 0 spiro atoms. The number of Topliss-reactive ketones (excluding diaryl/α,β-unsaturated/α-hetero) is 1. The normalized spacial score (nSPS) is 12.5. The fourth-order valence-corrected chi connectivity index (χ4v) is 6.65. The number of pyridine rings is 1. The lowest BCUT2D eigenvalue weighted by atomic mass is 9.73. The molecular weight excluding hydrogens is 672 g/mol. The van der Waals surface area contributed by atoms with Gasteiger partial charge in [-0.15, -0.1) is 0 Å². The molecule has 2 amide bonds. The van der Waals surface area contributed by atoms with Crippen molar-refractivity contribution in [2.45, 2.75) is 30.5 Å². The number of carbonyl (C=O) groups is 3. The van der Waals surface area contributed by atoms with Gasteiger partial charge in [-0.3, -0.25) is 24.5 Å². The van der Waals surface area contributed by atoms with E-state index in [1.165, 1.54) is 43.4 Å². The minimum absolute atomic E-state index is 0.00368. The molecule has 268 valence electrons. The summed E-state index contributed by atoms with van der Waals surface area (Å²) < 4.78 is 0. The molecule has 6 aromatic rings. The molecule has 11 nitrogen and oxygen atoms in total. The number of amides is 2. The van der Waals surface area contributed by atoms with Crippen molar-refractivity contribution in [2.75, 3.05) is 7.05 Å². The molecule has 0 unspecified atom stereocenters. The third-order valence-electron chi connectivity index (χ3n) is 9.38. The Bertz CT molecular complexity index is 2230. The first-order valence-electron chi connectivity index (χ1n) is 16.9. The van der Waals surface area contributed by atoms with Crippen LogP contribution in [0.15, 0.2) is 138 Å². The predicted octanol–water partition coefficient (Wildman–Crippen LogP) is 4.99. The van der Waals surface area contributed by atoms with E-state index >= 15 is 9.59 Å². The zero-order chi connectivity index (χ0) is 37.6. The maximum absolute atomic E-state index is 15.4. The van der Waals surface area contributed by atoms with Crippen LogP contribution in [-0.2, 0) is 21.7 Å². The number of hydrogen-bond donors (Lipinski definition) is 7. The summed E-state index contributed by atoms with van der Waals surface area (Å²) in [4.78, 5) is 59.9. The number of aromatic nitrogens is 1. The molecule has 0 aliphatic heterocycles. The summed E-state index contributed by atoms with van der Waals surface area (Å²) in [5, 5.41) is 39.9. The van der Waals surface area contributed by atoms with Crippen LogP contribution < -0.4 is 21.4 Å². The number of benzene rings is 5. The molecule has 1 aromatic heterocycles.